The van der Waals surface area contributed by atoms with Gasteiger partial charge in [0.25, 0.3) is 0 Å². The highest BCUT2D eigenvalue weighted by molar-refractivity contribution is 7.10. The Morgan fingerprint density at radius 1 is 0.118 bits per heavy atom. The van der Waals surface area contributed by atoms with Gasteiger partial charge in [0.1, 0.15) is 0 Å². The molecule has 0 fully saturated rings. The van der Waals surface area contributed by atoms with Gasteiger partial charge in [0.2, 0.25) is 0 Å². The van der Waals surface area contributed by atoms with Gasteiger partial charge in [-0.25, -0.2) is 0 Å². The standard InChI is InChI=1S/2C48H30S3/c1-4-16-37-31(10-1)13-7-19-40(37)46-28-49-25-43(46)34-22-35(44-26-50-29-47(44)41-20-8-14-32-11-2-5-17-38(32)41)24-36(23-34)45-27-51-30-48(45)42-21-9-15-33-12-3-6-18-39(33)42;1-4-10-34-19-37(16-13-31(34)7-1)43-25-49-28-46(43)40-22-41(47-29-50-26-44(47)38-17-14-32-8-2-5-11-35(32)20-38)24-42(23-40)48-30-51-27-45(48)39-18-15-33-9-3-6-12-36(33)21-39/h2*1-30H. The molecule has 20 aromatic rings. The van der Waals surface area contributed by atoms with Crippen LogP contribution in [0.2, 0.25) is 0 Å². The van der Waals surface area contributed by atoms with E-state index in [4.69, 9.17) is 0 Å². The van der Waals surface area contributed by atoms with Crippen LogP contribution >= 0.6 is 68.0 Å². The molecule has 0 aliphatic rings. The molecule has 0 amide bonds. The van der Waals surface area contributed by atoms with E-state index in [-0.39, 0.29) is 0 Å². The number of rotatable bonds is 12. The van der Waals surface area contributed by atoms with Crippen molar-refractivity contribution in [2.45, 2.75) is 0 Å². The van der Waals surface area contributed by atoms with Crippen molar-refractivity contribution >= 4 is 133 Å². The largest absolute Gasteiger partial charge is 0.151 e. The van der Waals surface area contributed by atoms with Gasteiger partial charge in [-0.15, -0.1) is 0 Å². The van der Waals surface area contributed by atoms with Crippen molar-refractivity contribution in [2.75, 3.05) is 0 Å². The monoisotopic (exact) mass is 1400 g/mol. The van der Waals surface area contributed by atoms with Gasteiger partial charge in [0.05, 0.1) is 0 Å². The number of fused-ring (bicyclic) bond motifs is 6. The van der Waals surface area contributed by atoms with E-state index in [9.17, 15) is 0 Å². The smallest absolute Gasteiger partial charge is 0.000808 e. The first-order valence-corrected chi connectivity index (χ1v) is 39.8. The summed E-state index contributed by atoms with van der Waals surface area (Å²) in [5.74, 6) is 0. The van der Waals surface area contributed by atoms with Crippen molar-refractivity contribution in [3.05, 3.63) is 356 Å². The van der Waals surface area contributed by atoms with E-state index in [1.807, 2.05) is 0 Å². The topological polar surface area (TPSA) is 0 Å². The molecule has 0 radical (unpaired) electrons. The van der Waals surface area contributed by atoms with Gasteiger partial charge < -0.3 is 0 Å². The molecule has 0 bridgehead atoms. The molecule has 0 unspecified atom stereocenters. The van der Waals surface area contributed by atoms with E-state index in [0.717, 1.165) is 0 Å². The molecule has 480 valence electrons. The molecular formula is C96H60S6. The maximum absolute atomic E-state index is 2.42. The van der Waals surface area contributed by atoms with Crippen LogP contribution in [0.25, 0.3) is 198 Å². The van der Waals surface area contributed by atoms with Crippen LogP contribution in [-0.2, 0) is 0 Å². The zero-order chi connectivity index (χ0) is 67.5. The third-order valence-corrected chi connectivity index (χ3v) is 24.6. The first-order valence-electron chi connectivity index (χ1n) is 34.2. The van der Waals surface area contributed by atoms with E-state index in [2.05, 4.69) is 356 Å². The van der Waals surface area contributed by atoms with Crippen LogP contribution in [0.15, 0.2) is 356 Å². The van der Waals surface area contributed by atoms with Crippen molar-refractivity contribution < 1.29 is 0 Å². The molecule has 20 rings (SSSR count). The molecule has 0 spiro atoms. The van der Waals surface area contributed by atoms with Crippen LogP contribution in [0.5, 0.6) is 0 Å². The Hall–Kier alpha value is -11.2. The third-order valence-electron chi connectivity index (χ3n) is 20.1. The fourth-order valence-electron chi connectivity index (χ4n) is 15.1. The Balaban J connectivity index is 0.000000141. The molecule has 0 aliphatic carbocycles. The SMILES string of the molecule is c1ccc2c(-c3cscc3-c3cc(-c4cscc4-c4cccc5ccccc45)cc(-c4cscc4-c4cccc5ccccc45)c3)cccc2c1.c1ccc2cc(-c3cscc3-c3cc(-c4cscc4-c4ccc5ccccc5c4)cc(-c4cscc4-c4ccc5ccccc5c4)c3)ccc2c1. The summed E-state index contributed by atoms with van der Waals surface area (Å²) in [4.78, 5) is 0. The lowest BCUT2D eigenvalue weighted by Crippen LogP contribution is -1.89. The van der Waals surface area contributed by atoms with Crippen LogP contribution in [0.4, 0.5) is 0 Å². The number of thiophene rings is 6. The molecule has 6 aromatic heterocycles. The van der Waals surface area contributed by atoms with Crippen LogP contribution in [-0.4, -0.2) is 0 Å². The Bertz CT molecular complexity index is 5880. The highest BCUT2D eigenvalue weighted by atomic mass is 32.1. The summed E-state index contributed by atoms with van der Waals surface area (Å²) in [5, 5.41) is 43.1. The summed E-state index contributed by atoms with van der Waals surface area (Å²) in [6.07, 6.45) is 0. The summed E-state index contributed by atoms with van der Waals surface area (Å²) >= 11 is 10.7. The molecule has 0 N–H and O–H groups in total. The van der Waals surface area contributed by atoms with E-state index < -0.39 is 0 Å². The minimum atomic E-state index is 1.23. The zero-order valence-electron chi connectivity index (χ0n) is 55.1. The lowest BCUT2D eigenvalue weighted by Gasteiger charge is -2.15. The average molecular weight is 1410 g/mol. The van der Waals surface area contributed by atoms with Crippen LogP contribution in [0.3, 0.4) is 0 Å². The van der Waals surface area contributed by atoms with E-state index >= 15 is 0 Å². The minimum Gasteiger partial charge on any atom is -0.151 e. The van der Waals surface area contributed by atoms with Gasteiger partial charge in [-0.05, 0) is 251 Å². The van der Waals surface area contributed by atoms with Crippen LogP contribution in [0.1, 0.15) is 0 Å². The van der Waals surface area contributed by atoms with Crippen molar-refractivity contribution in [2.24, 2.45) is 0 Å². The molecule has 0 atom stereocenters. The molecule has 0 saturated heterocycles. The van der Waals surface area contributed by atoms with Gasteiger partial charge in [-0.2, -0.15) is 68.0 Å². The first-order chi connectivity index (χ1) is 50.5. The Kier molecular flexibility index (Phi) is 16.2. The van der Waals surface area contributed by atoms with Crippen molar-refractivity contribution in [3.8, 4) is 134 Å². The molecule has 6 heterocycles. The number of hydrogen-bond donors (Lipinski definition) is 0. The summed E-state index contributed by atoms with van der Waals surface area (Å²) in [7, 11) is 0. The van der Waals surface area contributed by atoms with Crippen molar-refractivity contribution in [3.63, 3.8) is 0 Å². The second-order valence-corrected chi connectivity index (χ2v) is 30.5. The van der Waals surface area contributed by atoms with Crippen molar-refractivity contribution in [1.82, 2.24) is 0 Å². The van der Waals surface area contributed by atoms with Crippen molar-refractivity contribution in [1.29, 1.82) is 0 Å². The molecule has 14 aromatic carbocycles. The van der Waals surface area contributed by atoms with E-state index in [0.29, 0.717) is 0 Å². The third kappa shape index (κ3) is 11.5. The Morgan fingerprint density at radius 2 is 0.314 bits per heavy atom. The first kappa shape index (κ1) is 61.9. The maximum Gasteiger partial charge on any atom is 0.000808 e. The van der Waals surface area contributed by atoms with Crippen LogP contribution in [0, 0.1) is 0 Å². The summed E-state index contributed by atoms with van der Waals surface area (Å²) in [6.45, 7) is 0. The van der Waals surface area contributed by atoms with Gasteiger partial charge in [-0.3, -0.25) is 0 Å². The van der Waals surface area contributed by atoms with Gasteiger partial charge >= 0.3 is 0 Å². The number of benzene rings is 14. The molecule has 102 heavy (non-hydrogen) atoms. The Morgan fingerprint density at radius 3 is 0.578 bits per heavy atom. The molecule has 0 nitrogen and oxygen atoms in total. The lowest BCUT2D eigenvalue weighted by molar-refractivity contribution is 1.61. The normalized spacial score (nSPS) is 11.5. The highest BCUT2D eigenvalue weighted by Crippen LogP contribution is 2.50. The summed E-state index contributed by atoms with van der Waals surface area (Å²) < 4.78 is 0. The second kappa shape index (κ2) is 26.7. The number of hydrogen-bond acceptors (Lipinski definition) is 6. The highest BCUT2D eigenvalue weighted by Gasteiger charge is 2.22. The minimum absolute atomic E-state index is 1.23. The van der Waals surface area contributed by atoms with E-state index in [1.54, 1.807) is 68.0 Å². The quantitative estimate of drug-likeness (QED) is 0.114. The van der Waals surface area contributed by atoms with E-state index in [1.165, 1.54) is 198 Å². The summed E-state index contributed by atoms with van der Waals surface area (Å²) in [5.41, 5.74) is 30.2. The van der Waals surface area contributed by atoms with Crippen LogP contribution < -0.4 is 0 Å². The molecule has 0 aliphatic heterocycles. The fourth-order valence-corrected chi connectivity index (χ4v) is 20.2. The Labute approximate surface area is 616 Å². The fraction of sp³-hybridized carbons (Fsp3) is 0. The van der Waals surface area contributed by atoms with Gasteiger partial charge in [0, 0.05) is 66.8 Å². The predicted octanol–water partition coefficient (Wildman–Crippen LogP) is 30.7. The molecule has 0 saturated carbocycles. The summed E-state index contributed by atoms with van der Waals surface area (Å²) in [6, 6.07) is 107. The molecular weight excluding hydrogens is 1350 g/mol. The zero-order valence-corrected chi connectivity index (χ0v) is 60.0. The van der Waals surface area contributed by atoms with Gasteiger partial charge in [0.15, 0.2) is 0 Å². The maximum atomic E-state index is 2.42. The average Bonchev–Trinajstić information content (AvgIpc) is 1.55. The second-order valence-electron chi connectivity index (χ2n) is 26.1. The predicted molar refractivity (Wildman–Crippen MR) is 450 cm³/mol. The molecule has 6 heteroatoms. The lowest BCUT2D eigenvalue weighted by atomic mass is 9.88. The van der Waals surface area contributed by atoms with Gasteiger partial charge in [-0.1, -0.05) is 237 Å².